The van der Waals surface area contributed by atoms with Crippen molar-refractivity contribution >= 4 is 17.7 Å². The van der Waals surface area contributed by atoms with Gasteiger partial charge in [0.25, 0.3) is 0 Å². The quantitative estimate of drug-likeness (QED) is 0.786. The van der Waals surface area contributed by atoms with E-state index in [0.717, 1.165) is 0 Å². The molecule has 1 aromatic carbocycles. The van der Waals surface area contributed by atoms with Crippen LogP contribution in [-0.2, 0) is 9.53 Å². The minimum Gasteiger partial charge on any atom is -0.497 e. The highest BCUT2D eigenvalue weighted by Gasteiger charge is 2.23. The first-order chi connectivity index (χ1) is 9.64. The molecule has 1 unspecified atom stereocenters. The van der Waals surface area contributed by atoms with Gasteiger partial charge in [0, 0.05) is 11.6 Å². The smallest absolute Gasteiger partial charge is 0.412 e. The first-order valence-corrected chi connectivity index (χ1v) is 6.23. The Hall–Kier alpha value is -2.28. The number of aliphatic hydroxyl groups excluding tert-OH is 1. The molecule has 0 aromatic heterocycles. The van der Waals surface area contributed by atoms with Crippen molar-refractivity contribution in [3.63, 3.8) is 0 Å². The number of amides is 1. The Morgan fingerprint density at radius 1 is 1.29 bits per heavy atom. The van der Waals surface area contributed by atoms with Gasteiger partial charge in [0.15, 0.2) is 6.10 Å². The summed E-state index contributed by atoms with van der Waals surface area (Å²) in [6.07, 6.45) is -2.52. The molecule has 0 saturated carbocycles. The first kappa shape index (κ1) is 16.8. The number of anilines is 1. The molecule has 0 radical (unpaired) electrons. The number of carboxylic acids is 1. The zero-order chi connectivity index (χ0) is 16.2. The molecular weight excluding hydrogens is 278 g/mol. The van der Waals surface area contributed by atoms with E-state index in [1.165, 1.54) is 25.3 Å². The molecule has 0 bridgehead atoms. The average Bonchev–Trinajstić information content (AvgIpc) is 2.35. The average molecular weight is 297 g/mol. The van der Waals surface area contributed by atoms with Gasteiger partial charge in [0.05, 0.1) is 12.8 Å². The minimum absolute atomic E-state index is 0.0363. The zero-order valence-electron chi connectivity index (χ0n) is 12.3. The van der Waals surface area contributed by atoms with Crippen molar-refractivity contribution in [3.8, 4) is 5.75 Å². The maximum absolute atomic E-state index is 11.8. The third-order valence-corrected chi connectivity index (χ3v) is 2.42. The van der Waals surface area contributed by atoms with E-state index in [4.69, 9.17) is 14.6 Å². The topological polar surface area (TPSA) is 105 Å². The van der Waals surface area contributed by atoms with E-state index in [1.807, 2.05) is 0 Å². The second kappa shape index (κ2) is 6.45. The molecule has 1 rings (SSSR count). The van der Waals surface area contributed by atoms with Crippen LogP contribution in [0.15, 0.2) is 18.2 Å². The van der Waals surface area contributed by atoms with Crippen LogP contribution >= 0.6 is 0 Å². The largest absolute Gasteiger partial charge is 0.497 e. The number of aliphatic carboxylic acids is 1. The van der Waals surface area contributed by atoms with Crippen molar-refractivity contribution in [2.75, 3.05) is 12.4 Å². The number of hydrogen-bond donors (Lipinski definition) is 3. The lowest BCUT2D eigenvalue weighted by Gasteiger charge is -2.21. The van der Waals surface area contributed by atoms with Gasteiger partial charge in [-0.3, -0.25) is 5.32 Å². The fourth-order valence-corrected chi connectivity index (χ4v) is 1.56. The van der Waals surface area contributed by atoms with Crippen molar-refractivity contribution in [1.82, 2.24) is 0 Å². The van der Waals surface area contributed by atoms with Gasteiger partial charge >= 0.3 is 12.1 Å². The molecule has 0 spiro atoms. The van der Waals surface area contributed by atoms with Crippen LogP contribution in [0.2, 0.25) is 0 Å². The van der Waals surface area contributed by atoms with Crippen molar-refractivity contribution in [2.24, 2.45) is 0 Å². The van der Waals surface area contributed by atoms with Crippen molar-refractivity contribution in [2.45, 2.75) is 32.5 Å². The summed E-state index contributed by atoms with van der Waals surface area (Å²) in [6, 6.07) is 4.26. The van der Waals surface area contributed by atoms with Crippen molar-refractivity contribution in [1.29, 1.82) is 0 Å². The molecule has 21 heavy (non-hydrogen) atoms. The number of carboxylic acid groups (broad SMARTS) is 1. The number of hydrogen-bond acceptors (Lipinski definition) is 5. The van der Waals surface area contributed by atoms with E-state index in [-0.39, 0.29) is 11.3 Å². The molecule has 7 heteroatoms. The van der Waals surface area contributed by atoms with Gasteiger partial charge in [-0.15, -0.1) is 0 Å². The molecule has 7 nitrogen and oxygen atoms in total. The van der Waals surface area contributed by atoms with E-state index in [1.54, 1.807) is 20.8 Å². The summed E-state index contributed by atoms with van der Waals surface area (Å²) in [4.78, 5) is 22.7. The van der Waals surface area contributed by atoms with Crippen LogP contribution < -0.4 is 10.1 Å². The lowest BCUT2D eigenvalue weighted by molar-refractivity contribution is -0.146. The highest BCUT2D eigenvalue weighted by molar-refractivity contribution is 5.88. The van der Waals surface area contributed by atoms with Crippen LogP contribution in [0, 0.1) is 0 Å². The Kier molecular flexibility index (Phi) is 5.15. The van der Waals surface area contributed by atoms with Gasteiger partial charge < -0.3 is 19.7 Å². The highest BCUT2D eigenvalue weighted by Crippen LogP contribution is 2.28. The number of aliphatic hydroxyl groups is 1. The lowest BCUT2D eigenvalue weighted by Crippen LogP contribution is -2.28. The van der Waals surface area contributed by atoms with Crippen molar-refractivity contribution < 1.29 is 29.3 Å². The standard InChI is InChI=1S/C14H19NO6/c1-14(2,3)21-13(19)15-10-7-8(20-4)5-6-9(10)11(16)12(17)18/h5-7,11,16H,1-4H3,(H,15,19)(H,17,18). The summed E-state index contributed by atoms with van der Waals surface area (Å²) < 4.78 is 10.1. The molecule has 1 amide bonds. The molecule has 0 aliphatic heterocycles. The number of nitrogens with one attached hydrogen (secondary N) is 1. The highest BCUT2D eigenvalue weighted by atomic mass is 16.6. The lowest BCUT2D eigenvalue weighted by atomic mass is 10.1. The SMILES string of the molecule is COc1ccc(C(O)C(=O)O)c(NC(=O)OC(C)(C)C)c1. The summed E-state index contributed by atoms with van der Waals surface area (Å²) in [6.45, 7) is 5.10. The first-order valence-electron chi connectivity index (χ1n) is 6.23. The fourth-order valence-electron chi connectivity index (χ4n) is 1.56. The molecule has 3 N–H and O–H groups in total. The number of ether oxygens (including phenoxy) is 2. The third kappa shape index (κ3) is 4.96. The monoisotopic (exact) mass is 297 g/mol. The van der Waals surface area contributed by atoms with Crippen LogP contribution in [-0.4, -0.2) is 35.0 Å². The van der Waals surface area contributed by atoms with E-state index in [0.29, 0.717) is 5.75 Å². The Bertz CT molecular complexity index is 535. The van der Waals surface area contributed by atoms with Gasteiger partial charge in [0.1, 0.15) is 11.4 Å². The summed E-state index contributed by atoms with van der Waals surface area (Å²) in [7, 11) is 1.43. The maximum atomic E-state index is 11.8. The Morgan fingerprint density at radius 3 is 2.38 bits per heavy atom. The Morgan fingerprint density at radius 2 is 1.90 bits per heavy atom. The van der Waals surface area contributed by atoms with Crippen LogP contribution in [0.1, 0.15) is 32.4 Å². The molecule has 1 atom stereocenters. The number of benzene rings is 1. The molecule has 0 aliphatic carbocycles. The van der Waals surface area contributed by atoms with E-state index >= 15 is 0 Å². The second-order valence-corrected chi connectivity index (χ2v) is 5.32. The predicted molar refractivity (Wildman–Crippen MR) is 75.4 cm³/mol. The number of carbonyl (C=O) groups is 2. The van der Waals surface area contributed by atoms with Gasteiger partial charge in [-0.25, -0.2) is 9.59 Å². The van der Waals surface area contributed by atoms with E-state index in [9.17, 15) is 14.7 Å². The molecular formula is C14H19NO6. The van der Waals surface area contributed by atoms with Crippen LogP contribution in [0.5, 0.6) is 5.75 Å². The van der Waals surface area contributed by atoms with Gasteiger partial charge in [0.2, 0.25) is 0 Å². The molecule has 1 aromatic rings. The molecule has 0 aliphatic rings. The van der Waals surface area contributed by atoms with Crippen LogP contribution in [0.25, 0.3) is 0 Å². The minimum atomic E-state index is -1.76. The summed E-state index contributed by atoms with van der Waals surface area (Å²) in [5.41, 5.74) is -0.554. The number of methoxy groups -OCH3 is 1. The fraction of sp³-hybridized carbons (Fsp3) is 0.429. The molecule has 0 fully saturated rings. The number of carbonyl (C=O) groups excluding carboxylic acids is 1. The second-order valence-electron chi connectivity index (χ2n) is 5.32. The molecule has 0 heterocycles. The number of rotatable bonds is 4. The van der Waals surface area contributed by atoms with Crippen LogP contribution in [0.3, 0.4) is 0 Å². The summed E-state index contributed by atoms with van der Waals surface area (Å²) in [5, 5.41) is 21.0. The zero-order valence-corrected chi connectivity index (χ0v) is 12.3. The Labute approximate surface area is 122 Å². The van der Waals surface area contributed by atoms with Crippen molar-refractivity contribution in [3.05, 3.63) is 23.8 Å². The van der Waals surface area contributed by atoms with Gasteiger partial charge in [-0.2, -0.15) is 0 Å². The van der Waals surface area contributed by atoms with Crippen LogP contribution in [0.4, 0.5) is 10.5 Å². The maximum Gasteiger partial charge on any atom is 0.412 e. The summed E-state index contributed by atoms with van der Waals surface area (Å²) >= 11 is 0. The van der Waals surface area contributed by atoms with E-state index < -0.39 is 23.8 Å². The predicted octanol–water partition coefficient (Wildman–Crippen LogP) is 2.16. The van der Waals surface area contributed by atoms with Gasteiger partial charge in [-0.1, -0.05) is 6.07 Å². The van der Waals surface area contributed by atoms with E-state index in [2.05, 4.69) is 5.32 Å². The van der Waals surface area contributed by atoms with Gasteiger partial charge in [-0.05, 0) is 26.8 Å². The molecule has 116 valence electrons. The third-order valence-electron chi connectivity index (χ3n) is 2.42. The summed E-state index contributed by atoms with van der Waals surface area (Å²) in [5.74, 6) is -1.02. The normalized spacial score (nSPS) is 12.4. The molecule has 0 saturated heterocycles. The Balaban J connectivity index is 3.07.